The molecule has 1 aromatic carbocycles. The molecule has 0 unspecified atom stereocenters. The van der Waals surface area contributed by atoms with Crippen LogP contribution in [0.3, 0.4) is 0 Å². The Morgan fingerprint density at radius 1 is 1.33 bits per heavy atom. The van der Waals surface area contributed by atoms with Crippen LogP contribution in [0.25, 0.3) is 16.1 Å². The van der Waals surface area contributed by atoms with Gasteiger partial charge in [-0.3, -0.25) is 0 Å². The average molecular weight is 360 g/mol. The van der Waals surface area contributed by atoms with Crippen LogP contribution in [0, 0.1) is 24.3 Å². The number of benzene rings is 1. The number of nitrogens with one attached hydrogen (secondary N) is 1. The zero-order valence-electron chi connectivity index (χ0n) is 15.8. The molecule has 0 amide bonds. The van der Waals surface area contributed by atoms with Crippen molar-refractivity contribution in [3.8, 4) is 23.1 Å². The first kappa shape index (κ1) is 19.0. The van der Waals surface area contributed by atoms with Gasteiger partial charge in [0.25, 0.3) is 0 Å². The van der Waals surface area contributed by atoms with Crippen molar-refractivity contribution in [2.45, 2.75) is 38.7 Å². The van der Waals surface area contributed by atoms with Gasteiger partial charge in [-0.2, -0.15) is 0 Å². The van der Waals surface area contributed by atoms with Crippen LogP contribution in [-0.2, 0) is 6.42 Å². The lowest BCUT2D eigenvalue weighted by Gasteiger charge is -2.10. The molecule has 0 radical (unpaired) electrons. The fourth-order valence-corrected chi connectivity index (χ4v) is 3.06. The SMILES string of the molecule is [C-]#[N+]c1ccc(-c2nc(CC[C@H]3CCNC3)ncc2C#CC(C)(C)O)cc1. The summed E-state index contributed by atoms with van der Waals surface area (Å²) in [5, 5.41) is 13.3. The summed E-state index contributed by atoms with van der Waals surface area (Å²) in [4.78, 5) is 12.7. The molecule has 27 heavy (non-hydrogen) atoms. The van der Waals surface area contributed by atoms with E-state index in [9.17, 15) is 5.11 Å². The number of aromatic nitrogens is 2. The van der Waals surface area contributed by atoms with Gasteiger partial charge in [-0.15, -0.1) is 0 Å². The molecular formula is C22H24N4O. The first-order valence-corrected chi connectivity index (χ1v) is 9.25. The Labute approximate surface area is 160 Å². The molecule has 5 heteroatoms. The van der Waals surface area contributed by atoms with Crippen LogP contribution in [0.1, 0.15) is 38.1 Å². The van der Waals surface area contributed by atoms with Gasteiger partial charge in [-0.05, 0) is 51.3 Å². The predicted octanol–water partition coefficient (Wildman–Crippen LogP) is 3.36. The molecule has 2 heterocycles. The number of hydrogen-bond acceptors (Lipinski definition) is 4. The third-order valence-corrected chi connectivity index (χ3v) is 4.55. The van der Waals surface area contributed by atoms with Crippen molar-refractivity contribution in [3.63, 3.8) is 0 Å². The number of hydrogen-bond donors (Lipinski definition) is 2. The number of aliphatic hydroxyl groups is 1. The normalized spacial score (nSPS) is 16.4. The molecule has 5 nitrogen and oxygen atoms in total. The molecule has 0 aliphatic carbocycles. The van der Waals surface area contributed by atoms with Crippen molar-refractivity contribution in [1.29, 1.82) is 0 Å². The van der Waals surface area contributed by atoms with Gasteiger partial charge in [0.05, 0.1) is 17.8 Å². The summed E-state index contributed by atoms with van der Waals surface area (Å²) in [5.74, 6) is 7.34. The van der Waals surface area contributed by atoms with Crippen molar-refractivity contribution in [2.75, 3.05) is 13.1 Å². The third-order valence-electron chi connectivity index (χ3n) is 4.55. The van der Waals surface area contributed by atoms with Crippen molar-refractivity contribution in [1.82, 2.24) is 15.3 Å². The summed E-state index contributed by atoms with van der Waals surface area (Å²) in [5.41, 5.74) is 1.83. The first-order chi connectivity index (χ1) is 12.9. The van der Waals surface area contributed by atoms with Crippen LogP contribution in [0.4, 0.5) is 5.69 Å². The summed E-state index contributed by atoms with van der Waals surface area (Å²) in [6, 6.07) is 7.33. The summed E-state index contributed by atoms with van der Waals surface area (Å²) < 4.78 is 0. The molecule has 0 saturated carbocycles. The summed E-state index contributed by atoms with van der Waals surface area (Å²) in [7, 11) is 0. The average Bonchev–Trinajstić information content (AvgIpc) is 3.18. The van der Waals surface area contributed by atoms with Crippen molar-refractivity contribution >= 4 is 5.69 Å². The molecule has 1 aliphatic heterocycles. The van der Waals surface area contributed by atoms with Gasteiger partial charge in [-0.1, -0.05) is 36.1 Å². The van der Waals surface area contributed by atoms with Crippen LogP contribution >= 0.6 is 0 Å². The highest BCUT2D eigenvalue weighted by Crippen LogP contribution is 2.25. The minimum atomic E-state index is -1.08. The van der Waals surface area contributed by atoms with E-state index >= 15 is 0 Å². The molecule has 0 spiro atoms. The Morgan fingerprint density at radius 2 is 2.11 bits per heavy atom. The van der Waals surface area contributed by atoms with Crippen LogP contribution in [0.5, 0.6) is 0 Å². The Morgan fingerprint density at radius 3 is 2.74 bits per heavy atom. The first-order valence-electron chi connectivity index (χ1n) is 9.25. The van der Waals surface area contributed by atoms with Crippen molar-refractivity contribution in [2.24, 2.45) is 5.92 Å². The molecule has 2 N–H and O–H groups in total. The molecule has 0 bridgehead atoms. The molecule has 1 fully saturated rings. The quantitative estimate of drug-likeness (QED) is 0.648. The van der Waals surface area contributed by atoms with Gasteiger partial charge in [0.2, 0.25) is 0 Å². The molecule has 1 saturated heterocycles. The van der Waals surface area contributed by atoms with Crippen LogP contribution in [0.2, 0.25) is 0 Å². The maximum Gasteiger partial charge on any atom is 0.187 e. The summed E-state index contributed by atoms with van der Waals surface area (Å²) >= 11 is 0. The standard InChI is InChI=1S/C22H24N4O/c1-22(2,27)12-10-18-15-25-20(9-4-16-11-13-24-14-16)26-21(18)17-5-7-19(23-3)8-6-17/h5-8,15-16,24,27H,4,9,11,13-14H2,1-2H3/t16-/m0/s1. The van der Waals surface area contributed by atoms with Gasteiger partial charge >= 0.3 is 0 Å². The third kappa shape index (κ3) is 5.37. The zero-order chi connectivity index (χ0) is 19.3. The Balaban J connectivity index is 1.92. The van der Waals surface area contributed by atoms with Crippen LogP contribution < -0.4 is 5.32 Å². The van der Waals surface area contributed by atoms with E-state index in [4.69, 9.17) is 11.6 Å². The Bertz CT molecular complexity index is 889. The number of aryl methyl sites for hydroxylation is 1. The highest BCUT2D eigenvalue weighted by molar-refractivity contribution is 5.69. The molecule has 3 rings (SSSR count). The van der Waals surface area contributed by atoms with E-state index in [1.54, 1.807) is 32.2 Å². The van der Waals surface area contributed by atoms with E-state index in [0.29, 0.717) is 17.2 Å². The van der Waals surface area contributed by atoms with Gasteiger partial charge in [0.15, 0.2) is 5.69 Å². The molecule has 2 aromatic rings. The topological polar surface area (TPSA) is 62.4 Å². The second-order valence-electron chi connectivity index (χ2n) is 7.41. The highest BCUT2D eigenvalue weighted by atomic mass is 16.3. The predicted molar refractivity (Wildman–Crippen MR) is 106 cm³/mol. The molecule has 1 atom stereocenters. The van der Waals surface area contributed by atoms with E-state index in [0.717, 1.165) is 43.0 Å². The minimum Gasteiger partial charge on any atom is -0.378 e. The second kappa shape index (κ2) is 8.31. The van der Waals surface area contributed by atoms with E-state index < -0.39 is 5.60 Å². The van der Waals surface area contributed by atoms with Gasteiger partial charge < -0.3 is 10.4 Å². The minimum absolute atomic E-state index is 0.589. The van der Waals surface area contributed by atoms with Crippen molar-refractivity contribution in [3.05, 3.63) is 53.3 Å². The van der Waals surface area contributed by atoms with Crippen LogP contribution in [0.15, 0.2) is 30.5 Å². The maximum absolute atomic E-state index is 9.92. The summed E-state index contributed by atoms with van der Waals surface area (Å²) in [6.45, 7) is 12.6. The lowest BCUT2D eigenvalue weighted by molar-refractivity contribution is 0.143. The molecule has 1 aromatic heterocycles. The lowest BCUT2D eigenvalue weighted by Crippen LogP contribution is -2.14. The van der Waals surface area contributed by atoms with Gasteiger partial charge in [0.1, 0.15) is 11.4 Å². The molecule has 138 valence electrons. The number of rotatable bonds is 4. The van der Waals surface area contributed by atoms with E-state index in [-0.39, 0.29) is 0 Å². The molecule has 1 aliphatic rings. The fraction of sp³-hybridized carbons (Fsp3) is 0.409. The van der Waals surface area contributed by atoms with Gasteiger partial charge in [0, 0.05) is 12.6 Å². The Kier molecular flexibility index (Phi) is 5.86. The van der Waals surface area contributed by atoms with E-state index in [2.05, 4.69) is 27.0 Å². The van der Waals surface area contributed by atoms with Crippen molar-refractivity contribution < 1.29 is 5.11 Å². The van der Waals surface area contributed by atoms with Crippen LogP contribution in [-0.4, -0.2) is 33.8 Å². The smallest absolute Gasteiger partial charge is 0.187 e. The highest BCUT2D eigenvalue weighted by Gasteiger charge is 2.16. The van der Waals surface area contributed by atoms with E-state index in [1.807, 2.05) is 12.1 Å². The van der Waals surface area contributed by atoms with E-state index in [1.165, 1.54) is 6.42 Å². The maximum atomic E-state index is 9.92. The second-order valence-corrected chi connectivity index (χ2v) is 7.41. The monoisotopic (exact) mass is 360 g/mol. The van der Waals surface area contributed by atoms with Gasteiger partial charge in [-0.25, -0.2) is 14.8 Å². The zero-order valence-corrected chi connectivity index (χ0v) is 15.8. The largest absolute Gasteiger partial charge is 0.378 e. The Hall–Kier alpha value is -2.73. The molecular weight excluding hydrogens is 336 g/mol. The summed E-state index contributed by atoms with van der Waals surface area (Å²) in [6.07, 6.45) is 4.85. The fourth-order valence-electron chi connectivity index (χ4n) is 3.06. The number of nitrogens with zero attached hydrogens (tertiary/aromatic N) is 3. The lowest BCUT2D eigenvalue weighted by atomic mass is 10.0.